The number of benzene rings is 1. The molecule has 6 nitrogen and oxygen atoms in total. The molecule has 0 radical (unpaired) electrons. The van der Waals surface area contributed by atoms with Crippen LogP contribution in [0.4, 0.5) is 0 Å². The molecule has 0 saturated heterocycles. The number of fused-ring (bicyclic) bond motifs is 3. The molecule has 0 saturated carbocycles. The quantitative estimate of drug-likeness (QED) is 0.624. The summed E-state index contributed by atoms with van der Waals surface area (Å²) in [6.45, 7) is 5.73. The van der Waals surface area contributed by atoms with E-state index in [0.717, 1.165) is 32.9 Å². The fourth-order valence-electron chi connectivity index (χ4n) is 3.23. The van der Waals surface area contributed by atoms with Gasteiger partial charge >= 0.3 is 5.97 Å². The van der Waals surface area contributed by atoms with Crippen molar-refractivity contribution in [2.75, 3.05) is 26.9 Å². The smallest absolute Gasteiger partial charge is 0.357 e. The molecule has 26 heavy (non-hydrogen) atoms. The molecular weight excluding hydrogens is 332 g/mol. The van der Waals surface area contributed by atoms with Crippen molar-refractivity contribution in [2.45, 2.75) is 26.9 Å². The number of aromatic nitrogens is 2. The zero-order chi connectivity index (χ0) is 18.5. The van der Waals surface area contributed by atoms with Crippen molar-refractivity contribution in [1.82, 2.24) is 9.97 Å². The minimum atomic E-state index is -0.405. The number of rotatable bonds is 8. The lowest BCUT2D eigenvalue weighted by atomic mass is 10.00. The number of nitrogens with one attached hydrogen (secondary N) is 1. The van der Waals surface area contributed by atoms with Gasteiger partial charge in [0.05, 0.1) is 31.5 Å². The molecule has 2 heterocycles. The van der Waals surface area contributed by atoms with Crippen molar-refractivity contribution < 1.29 is 19.0 Å². The minimum absolute atomic E-state index is 0.311. The summed E-state index contributed by atoms with van der Waals surface area (Å²) in [7, 11) is 1.65. The maximum Gasteiger partial charge on any atom is 0.357 e. The second-order valence-corrected chi connectivity index (χ2v) is 5.94. The Morgan fingerprint density at radius 1 is 1.15 bits per heavy atom. The van der Waals surface area contributed by atoms with Crippen LogP contribution in [0.15, 0.2) is 24.4 Å². The molecule has 6 heteroatoms. The van der Waals surface area contributed by atoms with Gasteiger partial charge in [0, 0.05) is 30.0 Å². The van der Waals surface area contributed by atoms with Crippen LogP contribution < -0.4 is 0 Å². The third-order valence-electron chi connectivity index (χ3n) is 4.34. The van der Waals surface area contributed by atoms with Crippen LogP contribution in [-0.2, 0) is 27.2 Å². The standard InChI is InChI=1S/C20H24N2O4/c1-4-25-12-13-7-6-8-15-17(13)18-14(9-10-24-3)19(20(23)26-5-2)21-11-16(18)22-15/h6-8,11,22H,4-5,9-10,12H2,1-3H3. The van der Waals surface area contributed by atoms with E-state index < -0.39 is 5.97 Å². The fraction of sp³-hybridized carbons (Fsp3) is 0.400. The highest BCUT2D eigenvalue weighted by atomic mass is 16.5. The molecule has 1 aromatic carbocycles. The lowest BCUT2D eigenvalue weighted by Crippen LogP contribution is -2.12. The number of H-pyrrole nitrogens is 1. The van der Waals surface area contributed by atoms with Crippen LogP contribution in [0.2, 0.25) is 0 Å². The van der Waals surface area contributed by atoms with Crippen molar-refractivity contribution in [1.29, 1.82) is 0 Å². The summed E-state index contributed by atoms with van der Waals surface area (Å²) in [5, 5.41) is 2.06. The lowest BCUT2D eigenvalue weighted by Gasteiger charge is -2.11. The first kappa shape index (κ1) is 18.4. The van der Waals surface area contributed by atoms with Crippen molar-refractivity contribution in [3.63, 3.8) is 0 Å². The van der Waals surface area contributed by atoms with Gasteiger partial charge in [0.2, 0.25) is 0 Å². The Morgan fingerprint density at radius 2 is 2.00 bits per heavy atom. The summed E-state index contributed by atoms with van der Waals surface area (Å²) in [5.74, 6) is -0.405. The molecule has 0 aliphatic heterocycles. The molecule has 2 aromatic heterocycles. The number of hydrogen-bond acceptors (Lipinski definition) is 5. The van der Waals surface area contributed by atoms with Crippen LogP contribution in [0.5, 0.6) is 0 Å². The predicted molar refractivity (Wildman–Crippen MR) is 100 cm³/mol. The van der Waals surface area contributed by atoms with E-state index in [4.69, 9.17) is 14.2 Å². The number of methoxy groups -OCH3 is 1. The summed E-state index contributed by atoms with van der Waals surface area (Å²) < 4.78 is 16.1. The number of pyridine rings is 1. The van der Waals surface area contributed by atoms with E-state index in [1.54, 1.807) is 20.2 Å². The van der Waals surface area contributed by atoms with Crippen LogP contribution in [0, 0.1) is 0 Å². The average molecular weight is 356 g/mol. The largest absolute Gasteiger partial charge is 0.461 e. The van der Waals surface area contributed by atoms with Gasteiger partial charge in [-0.15, -0.1) is 0 Å². The van der Waals surface area contributed by atoms with E-state index in [2.05, 4.69) is 16.0 Å². The Morgan fingerprint density at radius 3 is 2.73 bits per heavy atom. The maximum atomic E-state index is 12.4. The molecule has 138 valence electrons. The molecule has 3 rings (SSSR count). The van der Waals surface area contributed by atoms with Crippen molar-refractivity contribution >= 4 is 27.8 Å². The highest BCUT2D eigenvalue weighted by Gasteiger charge is 2.21. The summed E-state index contributed by atoms with van der Waals surface area (Å²) in [6.07, 6.45) is 2.27. The first-order valence-corrected chi connectivity index (χ1v) is 8.86. The van der Waals surface area contributed by atoms with Gasteiger partial charge in [0.15, 0.2) is 5.69 Å². The molecule has 0 aliphatic carbocycles. The first-order chi connectivity index (χ1) is 12.7. The zero-order valence-electron chi connectivity index (χ0n) is 15.4. The highest BCUT2D eigenvalue weighted by Crippen LogP contribution is 2.33. The minimum Gasteiger partial charge on any atom is -0.461 e. The van der Waals surface area contributed by atoms with Gasteiger partial charge in [-0.2, -0.15) is 0 Å². The third kappa shape index (κ3) is 3.43. The van der Waals surface area contributed by atoms with E-state index in [1.165, 1.54) is 0 Å². The van der Waals surface area contributed by atoms with E-state index in [0.29, 0.717) is 38.5 Å². The molecule has 1 N–H and O–H groups in total. The number of hydrogen-bond donors (Lipinski definition) is 1. The highest BCUT2D eigenvalue weighted by molar-refractivity contribution is 6.12. The van der Waals surface area contributed by atoms with Gasteiger partial charge in [0.25, 0.3) is 0 Å². The molecule has 0 unspecified atom stereocenters. The Bertz CT molecular complexity index is 917. The van der Waals surface area contributed by atoms with E-state index in [-0.39, 0.29) is 0 Å². The van der Waals surface area contributed by atoms with Crippen molar-refractivity contribution in [2.24, 2.45) is 0 Å². The van der Waals surface area contributed by atoms with E-state index >= 15 is 0 Å². The molecule has 0 atom stereocenters. The van der Waals surface area contributed by atoms with Crippen molar-refractivity contribution in [3.05, 3.63) is 41.2 Å². The van der Waals surface area contributed by atoms with Gasteiger partial charge in [0.1, 0.15) is 0 Å². The van der Waals surface area contributed by atoms with Crippen LogP contribution in [-0.4, -0.2) is 42.9 Å². The average Bonchev–Trinajstić information content (AvgIpc) is 3.03. The topological polar surface area (TPSA) is 73.4 Å². The summed E-state index contributed by atoms with van der Waals surface area (Å²) in [6, 6.07) is 6.07. The molecule has 0 fully saturated rings. The van der Waals surface area contributed by atoms with Crippen LogP contribution >= 0.6 is 0 Å². The number of carbonyl (C=O) groups excluding carboxylic acids is 1. The number of aromatic amines is 1. The van der Waals surface area contributed by atoms with E-state index in [9.17, 15) is 4.79 Å². The van der Waals surface area contributed by atoms with Crippen LogP contribution in [0.1, 0.15) is 35.5 Å². The number of ether oxygens (including phenoxy) is 3. The maximum absolute atomic E-state index is 12.4. The second kappa shape index (κ2) is 8.29. The van der Waals surface area contributed by atoms with Gasteiger partial charge < -0.3 is 19.2 Å². The fourth-order valence-corrected chi connectivity index (χ4v) is 3.23. The molecule has 0 bridgehead atoms. The zero-order valence-corrected chi connectivity index (χ0v) is 15.4. The van der Waals surface area contributed by atoms with Gasteiger partial charge in [-0.25, -0.2) is 9.78 Å². The summed E-state index contributed by atoms with van der Waals surface area (Å²) in [5.41, 5.74) is 4.17. The van der Waals surface area contributed by atoms with Gasteiger partial charge in [-0.1, -0.05) is 12.1 Å². The summed E-state index contributed by atoms with van der Waals surface area (Å²) >= 11 is 0. The monoisotopic (exact) mass is 356 g/mol. The number of nitrogens with zero attached hydrogens (tertiary/aromatic N) is 1. The number of esters is 1. The Balaban J connectivity index is 2.27. The first-order valence-electron chi connectivity index (χ1n) is 8.86. The Labute approximate surface area is 152 Å². The lowest BCUT2D eigenvalue weighted by molar-refractivity contribution is 0.0518. The molecule has 0 aliphatic rings. The number of carbonyl (C=O) groups is 1. The van der Waals surface area contributed by atoms with Crippen molar-refractivity contribution in [3.8, 4) is 0 Å². The second-order valence-electron chi connectivity index (χ2n) is 5.94. The molecule has 0 amide bonds. The third-order valence-corrected chi connectivity index (χ3v) is 4.34. The Hall–Kier alpha value is -2.44. The van der Waals surface area contributed by atoms with Gasteiger partial charge in [-0.05, 0) is 37.5 Å². The molecule has 0 spiro atoms. The van der Waals surface area contributed by atoms with Crippen LogP contribution in [0.3, 0.4) is 0 Å². The predicted octanol–water partition coefficient (Wildman–Crippen LogP) is 3.62. The van der Waals surface area contributed by atoms with E-state index in [1.807, 2.05) is 19.1 Å². The molecular formula is C20H24N2O4. The SMILES string of the molecule is CCOCc1cccc2[nH]c3cnc(C(=O)OCC)c(CCOC)c3c12. The normalized spacial score (nSPS) is 11.3. The van der Waals surface area contributed by atoms with Gasteiger partial charge in [-0.3, -0.25) is 0 Å². The molecule has 3 aromatic rings. The van der Waals surface area contributed by atoms with Crippen LogP contribution in [0.25, 0.3) is 21.8 Å². The summed E-state index contributed by atoms with van der Waals surface area (Å²) in [4.78, 5) is 20.2. The Kier molecular flexibility index (Phi) is 5.85.